The second-order valence-corrected chi connectivity index (χ2v) is 8.88. The van der Waals surface area contributed by atoms with Crippen LogP contribution in [0.5, 0.6) is 5.75 Å². The molecule has 1 fully saturated rings. The highest BCUT2D eigenvalue weighted by molar-refractivity contribution is 7.99. The van der Waals surface area contributed by atoms with Gasteiger partial charge in [-0.2, -0.15) is 0 Å². The summed E-state index contributed by atoms with van der Waals surface area (Å²) in [6.07, 6.45) is 2.28. The minimum atomic E-state index is -0.00332. The first-order chi connectivity index (χ1) is 15.1. The molecule has 1 aliphatic rings. The number of thioether (sulfide) groups is 1. The van der Waals surface area contributed by atoms with E-state index in [0.717, 1.165) is 40.7 Å². The van der Waals surface area contributed by atoms with Crippen molar-refractivity contribution in [3.63, 3.8) is 0 Å². The fourth-order valence-electron chi connectivity index (χ4n) is 3.55. The lowest BCUT2D eigenvalue weighted by atomic mass is 10.0. The molecule has 8 heteroatoms. The number of hydrogen-bond donors (Lipinski definition) is 1. The van der Waals surface area contributed by atoms with Gasteiger partial charge in [-0.3, -0.25) is 4.79 Å². The van der Waals surface area contributed by atoms with Gasteiger partial charge in [0, 0.05) is 17.1 Å². The minimum absolute atomic E-state index is 0.00332. The predicted molar refractivity (Wildman–Crippen MR) is 123 cm³/mol. The first kappa shape index (κ1) is 21.7. The number of ether oxygens (including phenoxy) is 1. The largest absolute Gasteiger partial charge is 0.497 e. The maximum Gasteiger partial charge on any atom is 0.230 e. The fourth-order valence-corrected chi connectivity index (χ4v) is 4.49. The predicted octanol–water partition coefficient (Wildman–Crippen LogP) is 4.99. The van der Waals surface area contributed by atoms with Crippen LogP contribution in [0.2, 0.25) is 5.02 Å². The summed E-state index contributed by atoms with van der Waals surface area (Å²) in [5.74, 6) is 2.37. The van der Waals surface area contributed by atoms with Gasteiger partial charge in [0.2, 0.25) is 5.91 Å². The zero-order valence-corrected chi connectivity index (χ0v) is 19.1. The number of hydrogen-bond acceptors (Lipinski definition) is 5. The van der Waals surface area contributed by atoms with Gasteiger partial charge < -0.3 is 14.6 Å². The highest BCUT2D eigenvalue weighted by Gasteiger charge is 2.33. The Kier molecular flexibility index (Phi) is 6.83. The van der Waals surface area contributed by atoms with Crippen LogP contribution in [0.3, 0.4) is 0 Å². The molecule has 162 valence electrons. The molecule has 0 bridgehead atoms. The molecule has 3 aromatic rings. The summed E-state index contributed by atoms with van der Waals surface area (Å²) in [5.41, 5.74) is 2.06. The molecular weight excluding hydrogens is 432 g/mol. The van der Waals surface area contributed by atoms with Gasteiger partial charge >= 0.3 is 0 Å². The second kappa shape index (κ2) is 9.75. The van der Waals surface area contributed by atoms with E-state index < -0.39 is 0 Å². The number of carbonyl (C=O) groups is 1. The van der Waals surface area contributed by atoms with Crippen LogP contribution in [0.1, 0.15) is 31.4 Å². The Morgan fingerprint density at radius 3 is 2.52 bits per heavy atom. The molecule has 1 unspecified atom stereocenters. The Labute approximate surface area is 191 Å². The summed E-state index contributed by atoms with van der Waals surface area (Å²) < 4.78 is 7.26. The number of rotatable bonds is 9. The lowest BCUT2D eigenvalue weighted by molar-refractivity contribution is -0.119. The average molecular weight is 457 g/mol. The van der Waals surface area contributed by atoms with Crippen LogP contribution in [0.15, 0.2) is 53.7 Å². The molecule has 0 radical (unpaired) electrons. The summed E-state index contributed by atoms with van der Waals surface area (Å²) >= 11 is 7.40. The van der Waals surface area contributed by atoms with Crippen LogP contribution in [0, 0.1) is 5.92 Å². The SMILES string of the molecule is CCn1c(SCC(=O)NC(c2ccc(OC)cc2)C2CC2)nnc1-c1ccc(Cl)cc1. The molecule has 1 atom stereocenters. The lowest BCUT2D eigenvalue weighted by Crippen LogP contribution is -2.31. The molecule has 1 saturated carbocycles. The first-order valence-corrected chi connectivity index (χ1v) is 11.7. The summed E-state index contributed by atoms with van der Waals surface area (Å²) in [7, 11) is 1.65. The lowest BCUT2D eigenvalue weighted by Gasteiger charge is -2.19. The molecule has 1 N–H and O–H groups in total. The van der Waals surface area contributed by atoms with E-state index in [1.54, 1.807) is 7.11 Å². The van der Waals surface area contributed by atoms with E-state index >= 15 is 0 Å². The van der Waals surface area contributed by atoms with Crippen molar-refractivity contribution in [2.75, 3.05) is 12.9 Å². The Morgan fingerprint density at radius 2 is 1.90 bits per heavy atom. The molecule has 6 nitrogen and oxygen atoms in total. The molecule has 0 aliphatic heterocycles. The molecule has 0 spiro atoms. The number of amides is 1. The second-order valence-electron chi connectivity index (χ2n) is 7.50. The van der Waals surface area contributed by atoms with E-state index in [2.05, 4.69) is 15.5 Å². The van der Waals surface area contributed by atoms with Crippen molar-refractivity contribution in [2.24, 2.45) is 5.92 Å². The molecule has 0 saturated heterocycles. The quantitative estimate of drug-likeness (QED) is 0.459. The highest BCUT2D eigenvalue weighted by atomic mass is 35.5. The molecule has 4 rings (SSSR count). The van der Waals surface area contributed by atoms with Gasteiger partial charge in [-0.15, -0.1) is 10.2 Å². The zero-order chi connectivity index (χ0) is 21.8. The van der Waals surface area contributed by atoms with Crippen LogP contribution in [0.4, 0.5) is 0 Å². The monoisotopic (exact) mass is 456 g/mol. The zero-order valence-electron chi connectivity index (χ0n) is 17.5. The number of nitrogens with one attached hydrogen (secondary N) is 1. The molecule has 1 heterocycles. The number of nitrogens with zero attached hydrogens (tertiary/aromatic N) is 3. The molecule has 1 amide bonds. The van der Waals surface area contributed by atoms with Crippen molar-refractivity contribution in [1.29, 1.82) is 0 Å². The van der Waals surface area contributed by atoms with Crippen LogP contribution in [-0.4, -0.2) is 33.5 Å². The van der Waals surface area contributed by atoms with E-state index in [9.17, 15) is 4.79 Å². The fraction of sp³-hybridized carbons (Fsp3) is 0.348. The first-order valence-electron chi connectivity index (χ1n) is 10.3. The van der Waals surface area contributed by atoms with Gasteiger partial charge in [0.25, 0.3) is 0 Å². The third-order valence-electron chi connectivity index (χ3n) is 5.35. The molecular formula is C23H25ClN4O2S. The van der Waals surface area contributed by atoms with Gasteiger partial charge in [0.1, 0.15) is 5.75 Å². The van der Waals surface area contributed by atoms with E-state index in [1.165, 1.54) is 11.8 Å². The third-order valence-corrected chi connectivity index (χ3v) is 6.57. The van der Waals surface area contributed by atoms with Crippen LogP contribution in [-0.2, 0) is 11.3 Å². The van der Waals surface area contributed by atoms with Gasteiger partial charge in [-0.25, -0.2) is 0 Å². The topological polar surface area (TPSA) is 69.0 Å². The van der Waals surface area contributed by atoms with Gasteiger partial charge in [-0.05, 0) is 67.6 Å². The van der Waals surface area contributed by atoms with Crippen molar-refractivity contribution in [2.45, 2.75) is 37.5 Å². The number of carbonyl (C=O) groups excluding carboxylic acids is 1. The maximum absolute atomic E-state index is 12.7. The van der Waals surface area contributed by atoms with Crippen LogP contribution < -0.4 is 10.1 Å². The Morgan fingerprint density at radius 1 is 1.19 bits per heavy atom. The van der Waals surface area contributed by atoms with Crippen molar-refractivity contribution >= 4 is 29.3 Å². The van der Waals surface area contributed by atoms with Crippen molar-refractivity contribution in [3.05, 3.63) is 59.1 Å². The maximum atomic E-state index is 12.7. The Balaban J connectivity index is 1.41. The van der Waals surface area contributed by atoms with Crippen molar-refractivity contribution < 1.29 is 9.53 Å². The molecule has 31 heavy (non-hydrogen) atoms. The smallest absolute Gasteiger partial charge is 0.230 e. The highest BCUT2D eigenvalue weighted by Crippen LogP contribution is 2.41. The number of aromatic nitrogens is 3. The summed E-state index contributed by atoms with van der Waals surface area (Å²) in [5, 5.41) is 13.3. The van der Waals surface area contributed by atoms with E-state index in [0.29, 0.717) is 17.5 Å². The number of halogens is 1. The molecule has 2 aromatic carbocycles. The normalized spacial score (nSPS) is 14.3. The number of methoxy groups -OCH3 is 1. The van der Waals surface area contributed by atoms with E-state index in [-0.39, 0.29) is 17.7 Å². The molecule has 1 aromatic heterocycles. The summed E-state index contributed by atoms with van der Waals surface area (Å²) in [6.45, 7) is 2.76. The standard InChI is InChI=1S/C23H25ClN4O2S/c1-3-28-22(17-6-10-18(24)11-7-17)26-27-23(28)31-14-20(29)25-21(15-4-5-15)16-8-12-19(30-2)13-9-16/h6-13,15,21H,3-5,14H2,1-2H3,(H,25,29). The Bertz CT molecular complexity index is 1030. The van der Waals surface area contributed by atoms with Crippen molar-refractivity contribution in [1.82, 2.24) is 20.1 Å². The van der Waals surface area contributed by atoms with Crippen LogP contribution >= 0.6 is 23.4 Å². The number of benzene rings is 2. The summed E-state index contributed by atoms with van der Waals surface area (Å²) in [6, 6.07) is 15.5. The van der Waals surface area contributed by atoms with Crippen molar-refractivity contribution in [3.8, 4) is 17.1 Å². The summed E-state index contributed by atoms with van der Waals surface area (Å²) in [4.78, 5) is 12.7. The van der Waals surface area contributed by atoms with Gasteiger partial charge in [0.15, 0.2) is 11.0 Å². The van der Waals surface area contributed by atoms with Gasteiger partial charge in [-0.1, -0.05) is 35.5 Å². The van der Waals surface area contributed by atoms with E-state index in [4.69, 9.17) is 16.3 Å². The molecule has 1 aliphatic carbocycles. The third kappa shape index (κ3) is 5.22. The van der Waals surface area contributed by atoms with E-state index in [1.807, 2.05) is 60.0 Å². The average Bonchev–Trinajstić information content (AvgIpc) is 3.56. The minimum Gasteiger partial charge on any atom is -0.497 e. The van der Waals surface area contributed by atoms with Gasteiger partial charge in [0.05, 0.1) is 18.9 Å². The van der Waals surface area contributed by atoms with Crippen LogP contribution in [0.25, 0.3) is 11.4 Å². The Hall–Kier alpha value is -2.51.